The van der Waals surface area contributed by atoms with Crippen LogP contribution in [0.15, 0.2) is 53.7 Å². The van der Waals surface area contributed by atoms with Crippen molar-refractivity contribution in [1.29, 1.82) is 0 Å². The molecular weight excluding hydrogens is 402 g/mol. The molecule has 4 rings (SSSR count). The smallest absolute Gasteiger partial charge is 0.316 e. The number of thioether (sulfide) groups is 1. The van der Waals surface area contributed by atoms with E-state index in [-0.39, 0.29) is 18.5 Å². The van der Waals surface area contributed by atoms with Gasteiger partial charge in [0.05, 0.1) is 12.3 Å². The Morgan fingerprint density at radius 3 is 2.63 bits per heavy atom. The van der Waals surface area contributed by atoms with Crippen LogP contribution in [0.25, 0.3) is 11.4 Å². The largest absolute Gasteiger partial charge is 0.459 e. The van der Waals surface area contributed by atoms with Gasteiger partial charge in [-0.3, -0.25) is 9.36 Å². The van der Waals surface area contributed by atoms with Gasteiger partial charge in [0.15, 0.2) is 22.5 Å². The van der Waals surface area contributed by atoms with Crippen molar-refractivity contribution in [3.05, 3.63) is 54.1 Å². The number of ether oxygens (including phenoxy) is 3. The van der Waals surface area contributed by atoms with E-state index in [4.69, 9.17) is 14.2 Å². The molecule has 0 saturated carbocycles. The van der Waals surface area contributed by atoms with Gasteiger partial charge in [-0.1, -0.05) is 48.2 Å². The van der Waals surface area contributed by atoms with Crippen LogP contribution in [-0.2, 0) is 16.1 Å². The predicted molar refractivity (Wildman–Crippen MR) is 114 cm³/mol. The molecular formula is C22H23N3O4S. The fraction of sp³-hybridized carbons (Fsp3) is 0.318. The first-order chi connectivity index (χ1) is 14.4. The molecule has 0 spiro atoms. The van der Waals surface area contributed by atoms with Crippen molar-refractivity contribution < 1.29 is 19.0 Å². The van der Waals surface area contributed by atoms with E-state index in [1.165, 1.54) is 11.8 Å². The minimum Gasteiger partial charge on any atom is -0.459 e. The van der Waals surface area contributed by atoms with Crippen LogP contribution in [-0.4, -0.2) is 38.9 Å². The number of hydrogen-bond donors (Lipinski definition) is 0. The summed E-state index contributed by atoms with van der Waals surface area (Å²) in [5, 5.41) is 9.38. The van der Waals surface area contributed by atoms with Crippen LogP contribution in [0.1, 0.15) is 26.3 Å². The number of nitrogens with zero attached hydrogens (tertiary/aromatic N) is 3. The Balaban J connectivity index is 1.60. The van der Waals surface area contributed by atoms with E-state index in [1.807, 2.05) is 73.9 Å². The van der Waals surface area contributed by atoms with Crippen molar-refractivity contribution in [2.75, 3.05) is 12.5 Å². The predicted octanol–water partition coefficient (Wildman–Crippen LogP) is 4.16. The van der Waals surface area contributed by atoms with Gasteiger partial charge in [0.2, 0.25) is 6.79 Å². The second-order valence-electron chi connectivity index (χ2n) is 7.82. The zero-order valence-electron chi connectivity index (χ0n) is 17.1. The number of rotatable bonds is 6. The molecule has 3 aromatic rings. The molecule has 0 unspecified atom stereocenters. The zero-order chi connectivity index (χ0) is 21.1. The molecule has 0 N–H and O–H groups in total. The van der Waals surface area contributed by atoms with E-state index in [1.54, 1.807) is 0 Å². The Labute approximate surface area is 179 Å². The van der Waals surface area contributed by atoms with Crippen LogP contribution >= 0.6 is 11.8 Å². The number of esters is 1. The number of benzene rings is 2. The summed E-state index contributed by atoms with van der Waals surface area (Å²) in [4.78, 5) is 12.2. The summed E-state index contributed by atoms with van der Waals surface area (Å²) in [5.41, 5.74) is 1.46. The molecule has 0 atom stereocenters. The van der Waals surface area contributed by atoms with Crippen LogP contribution in [0, 0.1) is 0 Å². The molecule has 2 heterocycles. The monoisotopic (exact) mass is 425 g/mol. The molecule has 1 aliphatic heterocycles. The van der Waals surface area contributed by atoms with Crippen molar-refractivity contribution in [3.63, 3.8) is 0 Å². The molecule has 30 heavy (non-hydrogen) atoms. The Hall–Kier alpha value is -3.00. The fourth-order valence-corrected chi connectivity index (χ4v) is 3.77. The summed E-state index contributed by atoms with van der Waals surface area (Å²) in [5.74, 6) is 2.08. The first-order valence-corrected chi connectivity index (χ1v) is 10.6. The first-order valence-electron chi connectivity index (χ1n) is 9.61. The molecule has 2 aromatic carbocycles. The number of carbonyl (C=O) groups excluding carboxylic acids is 1. The van der Waals surface area contributed by atoms with Gasteiger partial charge in [0.1, 0.15) is 5.60 Å². The van der Waals surface area contributed by atoms with Crippen LogP contribution in [0.2, 0.25) is 0 Å². The highest BCUT2D eigenvalue weighted by molar-refractivity contribution is 7.99. The van der Waals surface area contributed by atoms with E-state index in [0.717, 1.165) is 28.5 Å². The van der Waals surface area contributed by atoms with Gasteiger partial charge < -0.3 is 14.2 Å². The minimum absolute atomic E-state index is 0.158. The molecule has 0 saturated heterocycles. The number of carbonyl (C=O) groups is 1. The van der Waals surface area contributed by atoms with Gasteiger partial charge >= 0.3 is 5.97 Å². The van der Waals surface area contributed by atoms with Crippen molar-refractivity contribution in [1.82, 2.24) is 14.8 Å². The summed E-state index contributed by atoms with van der Waals surface area (Å²) < 4.78 is 18.3. The van der Waals surface area contributed by atoms with Crippen LogP contribution in [0.4, 0.5) is 0 Å². The fourth-order valence-electron chi connectivity index (χ4n) is 3.06. The quantitative estimate of drug-likeness (QED) is 0.434. The second-order valence-corrected chi connectivity index (χ2v) is 8.76. The van der Waals surface area contributed by atoms with E-state index < -0.39 is 5.60 Å². The molecule has 0 bridgehead atoms. The molecule has 156 valence electrons. The van der Waals surface area contributed by atoms with E-state index in [0.29, 0.717) is 11.7 Å². The van der Waals surface area contributed by atoms with Crippen molar-refractivity contribution in [2.45, 2.75) is 38.1 Å². The van der Waals surface area contributed by atoms with E-state index in [2.05, 4.69) is 10.2 Å². The van der Waals surface area contributed by atoms with Gasteiger partial charge in [-0.25, -0.2) is 0 Å². The third-order valence-corrected chi connectivity index (χ3v) is 5.21. The van der Waals surface area contributed by atoms with Crippen LogP contribution in [0.3, 0.4) is 0 Å². The normalized spacial score (nSPS) is 12.8. The lowest BCUT2D eigenvalue weighted by molar-refractivity contribution is -0.151. The molecule has 7 nitrogen and oxygen atoms in total. The van der Waals surface area contributed by atoms with E-state index in [9.17, 15) is 4.79 Å². The van der Waals surface area contributed by atoms with Crippen molar-refractivity contribution in [2.24, 2.45) is 0 Å². The third kappa shape index (κ3) is 4.76. The van der Waals surface area contributed by atoms with E-state index >= 15 is 0 Å². The van der Waals surface area contributed by atoms with Crippen LogP contribution in [0.5, 0.6) is 11.5 Å². The maximum Gasteiger partial charge on any atom is 0.316 e. The molecule has 0 fully saturated rings. The lowest BCUT2D eigenvalue weighted by Gasteiger charge is -2.19. The number of hydrogen-bond acceptors (Lipinski definition) is 7. The highest BCUT2D eigenvalue weighted by atomic mass is 32.2. The van der Waals surface area contributed by atoms with Gasteiger partial charge in [-0.2, -0.15) is 0 Å². The van der Waals surface area contributed by atoms with Crippen LogP contribution < -0.4 is 9.47 Å². The summed E-state index contributed by atoms with van der Waals surface area (Å²) in [6, 6.07) is 15.7. The summed E-state index contributed by atoms with van der Waals surface area (Å²) in [7, 11) is 0. The standard InChI is InChI=1S/C22H23N3O4S/c1-22(2,3)29-19(26)13-30-21-24-23-20(16-7-5-4-6-8-16)25(21)12-15-9-10-17-18(11-15)28-14-27-17/h4-11H,12-14H2,1-3H3. The van der Waals surface area contributed by atoms with Gasteiger partial charge in [0, 0.05) is 5.56 Å². The highest BCUT2D eigenvalue weighted by Crippen LogP contribution is 2.33. The first kappa shape index (κ1) is 20.3. The Kier molecular flexibility index (Phi) is 5.67. The average Bonchev–Trinajstić information content (AvgIpc) is 3.32. The topological polar surface area (TPSA) is 75.5 Å². The highest BCUT2D eigenvalue weighted by Gasteiger charge is 2.20. The molecule has 1 aromatic heterocycles. The third-order valence-electron chi connectivity index (χ3n) is 4.27. The molecule has 1 aliphatic rings. The second kappa shape index (κ2) is 8.39. The Bertz CT molecular complexity index is 1040. The lowest BCUT2D eigenvalue weighted by atomic mass is 10.2. The molecule has 0 aliphatic carbocycles. The summed E-state index contributed by atoms with van der Waals surface area (Å²) >= 11 is 1.31. The molecule has 0 amide bonds. The Morgan fingerprint density at radius 2 is 1.87 bits per heavy atom. The van der Waals surface area contributed by atoms with Gasteiger partial charge in [-0.05, 0) is 38.5 Å². The summed E-state index contributed by atoms with van der Waals surface area (Å²) in [6.45, 7) is 6.32. The minimum atomic E-state index is -0.521. The average molecular weight is 426 g/mol. The summed E-state index contributed by atoms with van der Waals surface area (Å²) in [6.07, 6.45) is 0. The SMILES string of the molecule is CC(C)(C)OC(=O)CSc1nnc(-c2ccccc2)n1Cc1ccc2c(c1)OCO2. The van der Waals surface area contributed by atoms with Gasteiger partial charge in [0.25, 0.3) is 0 Å². The van der Waals surface area contributed by atoms with Crippen molar-refractivity contribution >= 4 is 17.7 Å². The maximum absolute atomic E-state index is 12.2. The van der Waals surface area contributed by atoms with Crippen molar-refractivity contribution in [3.8, 4) is 22.9 Å². The molecule has 0 radical (unpaired) electrons. The Morgan fingerprint density at radius 1 is 1.10 bits per heavy atom. The number of aromatic nitrogens is 3. The zero-order valence-corrected chi connectivity index (χ0v) is 17.9. The number of fused-ring (bicyclic) bond motifs is 1. The lowest BCUT2D eigenvalue weighted by Crippen LogP contribution is -2.25. The maximum atomic E-state index is 12.2. The molecule has 8 heteroatoms. The van der Waals surface area contributed by atoms with Gasteiger partial charge in [-0.15, -0.1) is 10.2 Å².